The van der Waals surface area contributed by atoms with Crippen molar-refractivity contribution in [3.8, 4) is 22.4 Å². The summed E-state index contributed by atoms with van der Waals surface area (Å²) in [6.07, 6.45) is 0. The van der Waals surface area contributed by atoms with E-state index in [0.717, 1.165) is 22.5 Å². The first-order valence-corrected chi connectivity index (χ1v) is 10.6. The Bertz CT molecular complexity index is 1150. The van der Waals surface area contributed by atoms with Gasteiger partial charge in [-0.15, -0.1) is 11.3 Å². The second-order valence-electron chi connectivity index (χ2n) is 6.41. The van der Waals surface area contributed by atoms with Crippen LogP contribution >= 0.6 is 34.5 Å². The lowest BCUT2D eigenvalue weighted by atomic mass is 10.0. The smallest absolute Gasteiger partial charge is 0.203 e. The first kappa shape index (κ1) is 19.6. The third kappa shape index (κ3) is 4.67. The lowest BCUT2D eigenvalue weighted by Gasteiger charge is -2.05. The van der Waals surface area contributed by atoms with Crippen LogP contribution in [0.2, 0.25) is 10.0 Å². The van der Waals surface area contributed by atoms with Crippen molar-refractivity contribution in [3.05, 3.63) is 93.8 Å². The lowest BCUT2D eigenvalue weighted by molar-refractivity contribution is 1.27. The lowest BCUT2D eigenvalue weighted by Crippen LogP contribution is -1.99. The zero-order valence-corrected chi connectivity index (χ0v) is 17.9. The second kappa shape index (κ2) is 8.78. The van der Waals surface area contributed by atoms with Gasteiger partial charge in [-0.2, -0.15) is 5.10 Å². The third-order valence-corrected chi connectivity index (χ3v) is 5.74. The molecule has 144 valence electrons. The molecular weight excluding hydrogens is 421 g/mol. The predicted molar refractivity (Wildman–Crippen MR) is 125 cm³/mol. The van der Waals surface area contributed by atoms with Crippen molar-refractivity contribution in [2.45, 2.75) is 6.92 Å². The minimum absolute atomic E-state index is 0.576. The van der Waals surface area contributed by atoms with E-state index >= 15 is 0 Å². The van der Waals surface area contributed by atoms with Crippen molar-refractivity contribution >= 4 is 45.4 Å². The molecule has 0 saturated carbocycles. The van der Waals surface area contributed by atoms with Gasteiger partial charge in [0.1, 0.15) is 0 Å². The number of nitrogens with zero attached hydrogens (tertiary/aromatic N) is 2. The summed E-state index contributed by atoms with van der Waals surface area (Å²) in [6.45, 7) is 1.97. The molecule has 3 nitrogen and oxygen atoms in total. The molecule has 0 spiro atoms. The highest BCUT2D eigenvalue weighted by Crippen LogP contribution is 2.32. The molecule has 1 heterocycles. The Balaban J connectivity index is 1.47. The maximum absolute atomic E-state index is 6.27. The monoisotopic (exact) mass is 437 g/mol. The average Bonchev–Trinajstić information content (AvgIpc) is 3.21. The highest BCUT2D eigenvalue weighted by atomic mass is 35.5. The summed E-state index contributed by atoms with van der Waals surface area (Å²) in [5, 5.41) is 8.29. The molecule has 0 amide bonds. The van der Waals surface area contributed by atoms with E-state index in [2.05, 4.69) is 51.9 Å². The number of nitrogens with one attached hydrogen (secondary N) is 1. The molecule has 0 atom stereocenters. The van der Waals surface area contributed by atoms with Gasteiger partial charge >= 0.3 is 0 Å². The fourth-order valence-corrected chi connectivity index (χ4v) is 4.03. The summed E-state index contributed by atoms with van der Waals surface area (Å²) in [7, 11) is 0. The van der Waals surface area contributed by atoms with Crippen LogP contribution in [0.25, 0.3) is 22.4 Å². The molecular formula is C23H17Cl2N3S. The van der Waals surface area contributed by atoms with Crippen LogP contribution < -0.4 is 5.43 Å². The Labute approximate surface area is 183 Å². The van der Waals surface area contributed by atoms with E-state index in [1.165, 1.54) is 22.5 Å². The third-order valence-electron chi connectivity index (χ3n) is 4.44. The SMILES string of the molecule is C/C(=N/Nc1nc(-c2ccc(Cl)cc2Cl)cs1)c1ccc(-c2ccccc2)cc1. The van der Waals surface area contributed by atoms with Gasteiger partial charge in [0.05, 0.1) is 16.4 Å². The molecule has 4 rings (SSSR count). The maximum atomic E-state index is 6.27. The van der Waals surface area contributed by atoms with Crippen LogP contribution in [-0.2, 0) is 0 Å². The van der Waals surface area contributed by atoms with Crippen LogP contribution in [0, 0.1) is 0 Å². The van der Waals surface area contributed by atoms with Crippen molar-refractivity contribution in [1.29, 1.82) is 0 Å². The van der Waals surface area contributed by atoms with Gasteiger partial charge in [-0.05, 0) is 41.8 Å². The summed E-state index contributed by atoms with van der Waals surface area (Å²) < 4.78 is 0. The Kier molecular flexibility index (Phi) is 5.95. The molecule has 6 heteroatoms. The minimum Gasteiger partial charge on any atom is -0.252 e. The van der Waals surface area contributed by atoms with Gasteiger partial charge in [0.15, 0.2) is 0 Å². The molecule has 29 heavy (non-hydrogen) atoms. The van der Waals surface area contributed by atoms with Gasteiger partial charge in [0, 0.05) is 16.0 Å². The number of benzene rings is 3. The molecule has 1 aromatic heterocycles. The van der Waals surface area contributed by atoms with Gasteiger partial charge in [-0.25, -0.2) is 4.98 Å². The zero-order valence-electron chi connectivity index (χ0n) is 15.6. The van der Waals surface area contributed by atoms with Crippen LogP contribution in [0.5, 0.6) is 0 Å². The summed E-state index contributed by atoms with van der Waals surface area (Å²) in [6, 6.07) is 24.0. The summed E-state index contributed by atoms with van der Waals surface area (Å²) in [5.74, 6) is 0. The Morgan fingerprint density at radius 3 is 2.38 bits per heavy atom. The second-order valence-corrected chi connectivity index (χ2v) is 8.12. The van der Waals surface area contributed by atoms with E-state index in [-0.39, 0.29) is 0 Å². The number of anilines is 1. The number of hydrogen-bond donors (Lipinski definition) is 1. The Hall–Kier alpha value is -2.66. The molecule has 0 unspecified atom stereocenters. The van der Waals surface area contributed by atoms with Crippen molar-refractivity contribution in [1.82, 2.24) is 4.98 Å². The molecule has 0 aliphatic rings. The first-order valence-electron chi connectivity index (χ1n) is 8.97. The molecule has 0 radical (unpaired) electrons. The van der Waals surface area contributed by atoms with E-state index in [4.69, 9.17) is 23.2 Å². The van der Waals surface area contributed by atoms with Crippen LogP contribution in [0.15, 0.2) is 83.3 Å². The highest BCUT2D eigenvalue weighted by molar-refractivity contribution is 7.14. The van der Waals surface area contributed by atoms with Crippen molar-refractivity contribution in [3.63, 3.8) is 0 Å². The first-order chi connectivity index (χ1) is 14.1. The van der Waals surface area contributed by atoms with E-state index < -0.39 is 0 Å². The van der Waals surface area contributed by atoms with Crippen LogP contribution in [0.3, 0.4) is 0 Å². The quantitative estimate of drug-likeness (QED) is 0.257. The minimum atomic E-state index is 0.576. The van der Waals surface area contributed by atoms with Crippen LogP contribution in [0.1, 0.15) is 12.5 Å². The largest absolute Gasteiger partial charge is 0.252 e. The summed E-state index contributed by atoms with van der Waals surface area (Å²) >= 11 is 13.7. The number of hydrogen-bond acceptors (Lipinski definition) is 4. The zero-order chi connectivity index (χ0) is 20.2. The fraction of sp³-hybridized carbons (Fsp3) is 0.0435. The van der Waals surface area contributed by atoms with E-state index in [1.54, 1.807) is 12.1 Å². The van der Waals surface area contributed by atoms with Crippen molar-refractivity contribution in [2.75, 3.05) is 5.43 Å². The van der Waals surface area contributed by atoms with Gasteiger partial charge in [0.2, 0.25) is 5.13 Å². The number of rotatable bonds is 5. The summed E-state index contributed by atoms with van der Waals surface area (Å²) in [4.78, 5) is 4.56. The molecule has 0 bridgehead atoms. The number of hydrazone groups is 1. The van der Waals surface area contributed by atoms with E-state index in [9.17, 15) is 0 Å². The standard InChI is InChI=1S/C23H17Cl2N3S/c1-15(16-7-9-18(10-8-16)17-5-3-2-4-6-17)27-28-23-26-22(14-29-23)20-12-11-19(24)13-21(20)25/h2-14H,1H3,(H,26,28)/b27-15-. The van der Waals surface area contributed by atoms with Crippen LogP contribution in [-0.4, -0.2) is 10.7 Å². The molecule has 0 aliphatic heterocycles. The highest BCUT2D eigenvalue weighted by Gasteiger charge is 2.09. The molecule has 0 fully saturated rings. The van der Waals surface area contributed by atoms with Gasteiger partial charge in [-0.3, -0.25) is 5.43 Å². The molecule has 0 aliphatic carbocycles. The number of aromatic nitrogens is 1. The van der Waals surface area contributed by atoms with Crippen molar-refractivity contribution in [2.24, 2.45) is 5.10 Å². The maximum Gasteiger partial charge on any atom is 0.203 e. The average molecular weight is 438 g/mol. The van der Waals surface area contributed by atoms with Gasteiger partial charge in [0.25, 0.3) is 0 Å². The van der Waals surface area contributed by atoms with Gasteiger partial charge < -0.3 is 0 Å². The predicted octanol–water partition coefficient (Wildman–Crippen LogP) is 7.62. The molecule has 1 N–H and O–H groups in total. The van der Waals surface area contributed by atoms with Gasteiger partial charge in [-0.1, -0.05) is 77.8 Å². The fourth-order valence-electron chi connectivity index (χ4n) is 2.88. The Morgan fingerprint density at radius 1 is 0.931 bits per heavy atom. The summed E-state index contributed by atoms with van der Waals surface area (Å²) in [5.41, 5.74) is 8.98. The van der Waals surface area contributed by atoms with Crippen molar-refractivity contribution < 1.29 is 0 Å². The molecule has 3 aromatic carbocycles. The van der Waals surface area contributed by atoms with Crippen LogP contribution in [0.4, 0.5) is 5.13 Å². The van der Waals surface area contributed by atoms with E-state index in [0.29, 0.717) is 15.2 Å². The number of thiazole rings is 1. The molecule has 0 saturated heterocycles. The number of halogens is 2. The topological polar surface area (TPSA) is 37.3 Å². The molecule has 4 aromatic rings. The Morgan fingerprint density at radius 2 is 1.66 bits per heavy atom. The van der Waals surface area contributed by atoms with E-state index in [1.807, 2.05) is 36.6 Å². The normalized spacial score (nSPS) is 11.5.